The highest BCUT2D eigenvalue weighted by molar-refractivity contribution is 5.81. The van der Waals surface area contributed by atoms with Gasteiger partial charge in [0, 0.05) is 12.1 Å². The SMILES string of the molecule is CCc1ccc(OC)c(CNC(=O)C(N)CO)c1. The van der Waals surface area contributed by atoms with E-state index in [9.17, 15) is 4.79 Å². The first kappa shape index (κ1) is 14.5. The average molecular weight is 252 g/mol. The van der Waals surface area contributed by atoms with Crippen LogP contribution in [0, 0.1) is 0 Å². The average Bonchev–Trinajstić information content (AvgIpc) is 2.43. The van der Waals surface area contributed by atoms with Crippen LogP contribution in [0.15, 0.2) is 18.2 Å². The lowest BCUT2D eigenvalue weighted by Crippen LogP contribution is -2.42. The van der Waals surface area contributed by atoms with Gasteiger partial charge in [-0.05, 0) is 18.1 Å². The Morgan fingerprint density at radius 1 is 1.56 bits per heavy atom. The quantitative estimate of drug-likeness (QED) is 0.675. The molecule has 0 aromatic heterocycles. The molecule has 4 N–H and O–H groups in total. The fourth-order valence-electron chi connectivity index (χ4n) is 1.59. The van der Waals surface area contributed by atoms with Crippen LogP contribution in [-0.2, 0) is 17.8 Å². The number of nitrogens with one attached hydrogen (secondary N) is 1. The number of carbonyl (C=O) groups excluding carboxylic acids is 1. The number of nitrogens with two attached hydrogens (primary N) is 1. The van der Waals surface area contributed by atoms with Gasteiger partial charge in [0.05, 0.1) is 13.7 Å². The summed E-state index contributed by atoms with van der Waals surface area (Å²) < 4.78 is 5.23. The molecule has 0 spiro atoms. The van der Waals surface area contributed by atoms with Gasteiger partial charge in [-0.15, -0.1) is 0 Å². The molecule has 1 atom stereocenters. The van der Waals surface area contributed by atoms with Gasteiger partial charge in [0.2, 0.25) is 5.91 Å². The Morgan fingerprint density at radius 3 is 2.83 bits per heavy atom. The van der Waals surface area contributed by atoms with Crippen molar-refractivity contribution >= 4 is 5.91 Å². The number of methoxy groups -OCH3 is 1. The van der Waals surface area contributed by atoms with Crippen molar-refractivity contribution in [3.63, 3.8) is 0 Å². The van der Waals surface area contributed by atoms with Crippen LogP contribution in [0.2, 0.25) is 0 Å². The molecule has 0 bridgehead atoms. The molecule has 0 aliphatic rings. The van der Waals surface area contributed by atoms with Gasteiger partial charge in [-0.2, -0.15) is 0 Å². The molecule has 5 heteroatoms. The maximum Gasteiger partial charge on any atom is 0.239 e. The lowest BCUT2D eigenvalue weighted by atomic mass is 10.1. The van der Waals surface area contributed by atoms with Gasteiger partial charge in [0.25, 0.3) is 0 Å². The molecular weight excluding hydrogens is 232 g/mol. The largest absolute Gasteiger partial charge is 0.496 e. The number of benzene rings is 1. The summed E-state index contributed by atoms with van der Waals surface area (Å²) in [7, 11) is 1.59. The number of hydrogen-bond donors (Lipinski definition) is 3. The van der Waals surface area contributed by atoms with Crippen LogP contribution < -0.4 is 15.8 Å². The molecule has 5 nitrogen and oxygen atoms in total. The van der Waals surface area contributed by atoms with Gasteiger partial charge in [0.15, 0.2) is 0 Å². The van der Waals surface area contributed by atoms with E-state index in [0.717, 1.165) is 17.7 Å². The Kier molecular flexibility index (Phi) is 5.61. The summed E-state index contributed by atoms with van der Waals surface area (Å²) in [5.74, 6) is 0.353. The standard InChI is InChI=1S/C13H20N2O3/c1-3-9-4-5-12(18-2)10(6-9)7-15-13(17)11(14)8-16/h4-6,11,16H,3,7-8,14H2,1-2H3,(H,15,17). The Morgan fingerprint density at radius 2 is 2.28 bits per heavy atom. The van der Waals surface area contributed by atoms with Crippen molar-refractivity contribution in [3.8, 4) is 5.75 Å². The van der Waals surface area contributed by atoms with Crippen LogP contribution in [0.1, 0.15) is 18.1 Å². The van der Waals surface area contributed by atoms with E-state index in [1.54, 1.807) is 7.11 Å². The van der Waals surface area contributed by atoms with Gasteiger partial charge in [-0.25, -0.2) is 0 Å². The summed E-state index contributed by atoms with van der Waals surface area (Å²) in [5, 5.41) is 11.4. The van der Waals surface area contributed by atoms with E-state index >= 15 is 0 Å². The van der Waals surface area contributed by atoms with Crippen molar-refractivity contribution in [3.05, 3.63) is 29.3 Å². The van der Waals surface area contributed by atoms with Gasteiger partial charge < -0.3 is 20.9 Å². The van der Waals surface area contributed by atoms with E-state index < -0.39 is 6.04 Å². The van der Waals surface area contributed by atoms with Crippen molar-refractivity contribution in [1.29, 1.82) is 0 Å². The van der Waals surface area contributed by atoms with Crippen LogP contribution in [0.5, 0.6) is 5.75 Å². The van der Waals surface area contributed by atoms with Gasteiger partial charge in [-0.3, -0.25) is 4.79 Å². The zero-order valence-electron chi connectivity index (χ0n) is 10.8. The summed E-state index contributed by atoms with van der Waals surface area (Å²) in [6.07, 6.45) is 0.918. The molecule has 0 saturated heterocycles. The maximum atomic E-state index is 11.5. The minimum atomic E-state index is -0.884. The molecule has 100 valence electrons. The number of rotatable bonds is 6. The van der Waals surface area contributed by atoms with Gasteiger partial charge in [-0.1, -0.05) is 19.1 Å². The highest BCUT2D eigenvalue weighted by Crippen LogP contribution is 2.20. The van der Waals surface area contributed by atoms with Crippen molar-refractivity contribution in [2.24, 2.45) is 5.73 Å². The molecule has 18 heavy (non-hydrogen) atoms. The third-order valence-electron chi connectivity index (χ3n) is 2.74. The molecule has 1 unspecified atom stereocenters. The van der Waals surface area contributed by atoms with Crippen LogP contribution in [0.3, 0.4) is 0 Å². The van der Waals surface area contributed by atoms with E-state index in [2.05, 4.69) is 12.2 Å². The van der Waals surface area contributed by atoms with Crippen LogP contribution in [0.25, 0.3) is 0 Å². The van der Waals surface area contributed by atoms with Crippen molar-refractivity contribution in [2.45, 2.75) is 25.9 Å². The predicted octanol–water partition coefficient (Wildman–Crippen LogP) is 0.193. The monoisotopic (exact) mass is 252 g/mol. The second-order valence-corrected chi connectivity index (χ2v) is 4.01. The number of carbonyl (C=O) groups is 1. The molecule has 1 rings (SSSR count). The summed E-state index contributed by atoms with van der Waals surface area (Å²) in [6, 6.07) is 4.98. The van der Waals surface area contributed by atoms with Crippen molar-refractivity contribution in [1.82, 2.24) is 5.32 Å². The number of ether oxygens (including phenoxy) is 1. The van der Waals surface area contributed by atoms with Crippen molar-refractivity contribution in [2.75, 3.05) is 13.7 Å². The molecule has 0 aliphatic carbocycles. The lowest BCUT2D eigenvalue weighted by molar-refractivity contribution is -0.123. The number of aliphatic hydroxyl groups excluding tert-OH is 1. The Labute approximate surface area is 107 Å². The first-order valence-corrected chi connectivity index (χ1v) is 5.92. The summed E-state index contributed by atoms with van der Waals surface area (Å²) in [5.41, 5.74) is 7.49. The zero-order valence-corrected chi connectivity index (χ0v) is 10.8. The highest BCUT2D eigenvalue weighted by Gasteiger charge is 2.12. The maximum absolute atomic E-state index is 11.5. The normalized spacial score (nSPS) is 12.0. The van der Waals surface area contributed by atoms with Crippen LogP contribution in [0.4, 0.5) is 0 Å². The van der Waals surface area contributed by atoms with Crippen molar-refractivity contribution < 1.29 is 14.6 Å². The second kappa shape index (κ2) is 6.98. The van der Waals surface area contributed by atoms with Crippen LogP contribution in [-0.4, -0.2) is 30.8 Å². The number of aryl methyl sites for hydroxylation is 1. The number of amides is 1. The minimum Gasteiger partial charge on any atom is -0.496 e. The molecule has 1 aromatic carbocycles. The summed E-state index contributed by atoms with van der Waals surface area (Å²) >= 11 is 0. The predicted molar refractivity (Wildman–Crippen MR) is 69.3 cm³/mol. The molecule has 0 heterocycles. The van der Waals surface area contributed by atoms with E-state index in [-0.39, 0.29) is 12.5 Å². The molecule has 0 radical (unpaired) electrons. The molecule has 0 fully saturated rings. The number of hydrogen-bond acceptors (Lipinski definition) is 4. The van der Waals surface area contributed by atoms with E-state index in [1.165, 1.54) is 5.56 Å². The second-order valence-electron chi connectivity index (χ2n) is 4.01. The van der Waals surface area contributed by atoms with E-state index in [4.69, 9.17) is 15.6 Å². The third-order valence-corrected chi connectivity index (χ3v) is 2.74. The molecule has 0 saturated carbocycles. The Balaban J connectivity index is 2.73. The fourth-order valence-corrected chi connectivity index (χ4v) is 1.59. The van der Waals surface area contributed by atoms with E-state index in [1.807, 2.05) is 18.2 Å². The van der Waals surface area contributed by atoms with Gasteiger partial charge >= 0.3 is 0 Å². The Hall–Kier alpha value is -1.59. The van der Waals surface area contributed by atoms with E-state index in [0.29, 0.717) is 6.54 Å². The topological polar surface area (TPSA) is 84.6 Å². The molecule has 1 amide bonds. The molecular formula is C13H20N2O3. The zero-order chi connectivity index (χ0) is 13.5. The molecule has 1 aromatic rings. The van der Waals surface area contributed by atoms with Gasteiger partial charge in [0.1, 0.15) is 11.8 Å². The molecule has 0 aliphatic heterocycles. The fraction of sp³-hybridized carbons (Fsp3) is 0.462. The first-order valence-electron chi connectivity index (χ1n) is 5.92. The van der Waals surface area contributed by atoms with Crippen LogP contribution >= 0.6 is 0 Å². The summed E-state index contributed by atoms with van der Waals surface area (Å²) in [4.78, 5) is 11.5. The first-order chi connectivity index (χ1) is 8.62. The highest BCUT2D eigenvalue weighted by atomic mass is 16.5. The Bertz CT molecular complexity index is 407. The smallest absolute Gasteiger partial charge is 0.239 e. The lowest BCUT2D eigenvalue weighted by Gasteiger charge is -2.13. The number of aliphatic hydroxyl groups is 1. The minimum absolute atomic E-state index is 0.337. The third kappa shape index (κ3) is 3.72. The summed E-state index contributed by atoms with van der Waals surface area (Å²) in [6.45, 7) is 2.04.